The van der Waals surface area contributed by atoms with Crippen LogP contribution in [-0.2, 0) is 0 Å². The van der Waals surface area contributed by atoms with Gasteiger partial charge < -0.3 is 4.90 Å². The number of hydrogen-bond acceptors (Lipinski definition) is 6. The van der Waals surface area contributed by atoms with Crippen LogP contribution in [0.25, 0.3) is 11.4 Å². The van der Waals surface area contributed by atoms with Crippen LogP contribution in [0.2, 0.25) is 0 Å². The number of hydrogen-bond donors (Lipinski definition) is 1. The molecule has 0 unspecified atom stereocenters. The zero-order valence-electron chi connectivity index (χ0n) is 15.6. The lowest BCUT2D eigenvalue weighted by Gasteiger charge is -2.20. The number of anilines is 1. The van der Waals surface area contributed by atoms with Crippen LogP contribution in [0.4, 0.5) is 11.4 Å². The molecule has 0 aliphatic rings. The van der Waals surface area contributed by atoms with Crippen molar-refractivity contribution < 1.29 is 4.92 Å². The van der Waals surface area contributed by atoms with Crippen molar-refractivity contribution in [2.45, 2.75) is 13.8 Å². The van der Waals surface area contributed by atoms with Gasteiger partial charge in [-0.25, -0.2) is 5.10 Å². The standard InChI is InChI=1S/C19H20N6O2S/c1-3-23(4-2)16-11-7-15(8-12-16)18-21-22-19(28)24(18)20-13-14-5-9-17(10-6-14)25(26)27/h5-13H,3-4H2,1-2H3,(H,22,28). The fourth-order valence-corrected chi connectivity index (χ4v) is 2.98. The van der Waals surface area contributed by atoms with Crippen LogP contribution in [0, 0.1) is 14.9 Å². The first-order valence-corrected chi connectivity index (χ1v) is 9.26. The minimum absolute atomic E-state index is 0.0334. The van der Waals surface area contributed by atoms with Gasteiger partial charge in [-0.05, 0) is 68.0 Å². The first-order valence-electron chi connectivity index (χ1n) is 8.85. The first-order chi connectivity index (χ1) is 13.5. The van der Waals surface area contributed by atoms with Gasteiger partial charge in [-0.1, -0.05) is 0 Å². The van der Waals surface area contributed by atoms with Gasteiger partial charge in [0.15, 0.2) is 5.82 Å². The molecule has 144 valence electrons. The topological polar surface area (TPSA) is 92.3 Å². The summed E-state index contributed by atoms with van der Waals surface area (Å²) in [7, 11) is 0. The number of H-pyrrole nitrogens is 1. The molecule has 0 radical (unpaired) electrons. The average Bonchev–Trinajstić information content (AvgIpc) is 3.08. The molecule has 0 fully saturated rings. The van der Waals surface area contributed by atoms with E-state index in [4.69, 9.17) is 12.2 Å². The monoisotopic (exact) mass is 396 g/mol. The summed E-state index contributed by atoms with van der Waals surface area (Å²) in [6.45, 7) is 6.12. The predicted octanol–water partition coefficient (Wildman–Crippen LogP) is 4.24. The highest BCUT2D eigenvalue weighted by molar-refractivity contribution is 7.71. The fraction of sp³-hybridized carbons (Fsp3) is 0.211. The van der Waals surface area contributed by atoms with Crippen molar-refractivity contribution in [3.05, 3.63) is 69.0 Å². The summed E-state index contributed by atoms with van der Waals surface area (Å²) < 4.78 is 1.89. The molecule has 0 aliphatic heterocycles. The lowest BCUT2D eigenvalue weighted by atomic mass is 10.2. The zero-order valence-corrected chi connectivity index (χ0v) is 16.4. The highest BCUT2D eigenvalue weighted by atomic mass is 32.1. The Hall–Kier alpha value is -3.33. The molecule has 9 heteroatoms. The van der Waals surface area contributed by atoms with Gasteiger partial charge in [0.25, 0.3) is 5.69 Å². The van der Waals surface area contributed by atoms with E-state index in [9.17, 15) is 10.1 Å². The van der Waals surface area contributed by atoms with Crippen LogP contribution < -0.4 is 4.90 Å². The fourth-order valence-electron chi connectivity index (χ4n) is 2.80. The number of aromatic amines is 1. The molecule has 8 nitrogen and oxygen atoms in total. The summed E-state index contributed by atoms with van der Waals surface area (Å²) >= 11 is 5.28. The Labute approximate surface area is 167 Å². The zero-order chi connectivity index (χ0) is 20.1. The number of aromatic nitrogens is 3. The highest BCUT2D eigenvalue weighted by Gasteiger charge is 2.10. The number of rotatable bonds is 7. The third-order valence-corrected chi connectivity index (χ3v) is 4.59. The maximum absolute atomic E-state index is 10.7. The lowest BCUT2D eigenvalue weighted by Crippen LogP contribution is -2.21. The van der Waals surface area contributed by atoms with Gasteiger partial charge in [0, 0.05) is 36.5 Å². The van der Waals surface area contributed by atoms with Crippen LogP contribution in [-0.4, -0.2) is 39.1 Å². The molecule has 1 N–H and O–H groups in total. The number of benzene rings is 2. The van der Waals surface area contributed by atoms with E-state index >= 15 is 0 Å². The second-order valence-corrected chi connectivity index (χ2v) is 6.36. The number of nitrogens with zero attached hydrogens (tertiary/aromatic N) is 5. The molecule has 28 heavy (non-hydrogen) atoms. The molecule has 2 aromatic carbocycles. The molecule has 3 aromatic rings. The molecule has 1 heterocycles. The molecule has 0 amide bonds. The quantitative estimate of drug-likeness (QED) is 0.279. The average molecular weight is 396 g/mol. The molecule has 1 aromatic heterocycles. The largest absolute Gasteiger partial charge is 0.372 e. The van der Waals surface area contributed by atoms with E-state index in [1.54, 1.807) is 18.3 Å². The second kappa shape index (κ2) is 8.57. The van der Waals surface area contributed by atoms with Gasteiger partial charge in [0.2, 0.25) is 4.77 Å². The van der Waals surface area contributed by atoms with Crippen LogP contribution >= 0.6 is 12.2 Å². The van der Waals surface area contributed by atoms with E-state index in [0.29, 0.717) is 10.6 Å². The van der Waals surface area contributed by atoms with E-state index in [1.807, 2.05) is 24.3 Å². The van der Waals surface area contributed by atoms with E-state index in [2.05, 4.69) is 34.0 Å². The summed E-state index contributed by atoms with van der Waals surface area (Å²) in [4.78, 5) is 12.6. The molecule has 0 saturated heterocycles. The summed E-state index contributed by atoms with van der Waals surface area (Å²) in [5.74, 6) is 0.592. The maximum Gasteiger partial charge on any atom is 0.269 e. The van der Waals surface area contributed by atoms with Gasteiger partial charge in [0.1, 0.15) is 0 Å². The number of nitro benzene ring substituents is 1. The Morgan fingerprint density at radius 3 is 2.39 bits per heavy atom. The third kappa shape index (κ3) is 4.15. The van der Waals surface area contributed by atoms with Crippen LogP contribution in [0.1, 0.15) is 19.4 Å². The summed E-state index contributed by atoms with van der Waals surface area (Å²) in [6, 6.07) is 14.2. The molecule has 0 aliphatic carbocycles. The van der Waals surface area contributed by atoms with Gasteiger partial charge in [0.05, 0.1) is 11.1 Å². The number of nitrogens with one attached hydrogen (secondary N) is 1. The van der Waals surface area contributed by atoms with Crippen molar-refractivity contribution in [2.75, 3.05) is 18.0 Å². The molecule has 0 bridgehead atoms. The van der Waals surface area contributed by atoms with Gasteiger partial charge in [-0.2, -0.15) is 14.9 Å². The number of nitro groups is 1. The smallest absolute Gasteiger partial charge is 0.269 e. The van der Waals surface area contributed by atoms with Gasteiger partial charge in [-0.15, -0.1) is 0 Å². The van der Waals surface area contributed by atoms with Crippen molar-refractivity contribution in [1.82, 2.24) is 14.9 Å². The van der Waals surface area contributed by atoms with Crippen molar-refractivity contribution in [2.24, 2.45) is 5.10 Å². The Bertz CT molecular complexity index is 1030. The Morgan fingerprint density at radius 1 is 1.18 bits per heavy atom. The normalized spacial score (nSPS) is 11.1. The van der Waals surface area contributed by atoms with E-state index in [-0.39, 0.29) is 5.69 Å². The van der Waals surface area contributed by atoms with Gasteiger partial charge >= 0.3 is 0 Å². The van der Waals surface area contributed by atoms with E-state index < -0.39 is 4.92 Å². The van der Waals surface area contributed by atoms with E-state index in [0.717, 1.165) is 29.9 Å². The molecule has 0 atom stereocenters. The van der Waals surface area contributed by atoms with E-state index in [1.165, 1.54) is 16.8 Å². The number of non-ortho nitro benzene ring substituents is 1. The van der Waals surface area contributed by atoms with Crippen LogP contribution in [0.3, 0.4) is 0 Å². The van der Waals surface area contributed by atoms with Crippen LogP contribution in [0.15, 0.2) is 53.6 Å². The Morgan fingerprint density at radius 2 is 1.82 bits per heavy atom. The van der Waals surface area contributed by atoms with Crippen molar-refractivity contribution in [3.8, 4) is 11.4 Å². The lowest BCUT2D eigenvalue weighted by molar-refractivity contribution is -0.384. The SMILES string of the molecule is CCN(CC)c1ccc(-c2n[nH]c(=S)n2N=Cc2ccc([N+](=O)[O-])cc2)cc1. The molecular weight excluding hydrogens is 376 g/mol. The minimum Gasteiger partial charge on any atom is -0.372 e. The molecule has 0 spiro atoms. The van der Waals surface area contributed by atoms with Gasteiger partial charge in [-0.3, -0.25) is 10.1 Å². The predicted molar refractivity (Wildman–Crippen MR) is 112 cm³/mol. The second-order valence-electron chi connectivity index (χ2n) is 5.98. The highest BCUT2D eigenvalue weighted by Crippen LogP contribution is 2.22. The summed E-state index contributed by atoms with van der Waals surface area (Å²) in [5, 5.41) is 22.2. The van der Waals surface area contributed by atoms with Crippen molar-refractivity contribution in [3.63, 3.8) is 0 Å². The Balaban J connectivity index is 1.87. The summed E-state index contributed by atoms with van der Waals surface area (Å²) in [5.41, 5.74) is 2.77. The summed E-state index contributed by atoms with van der Waals surface area (Å²) in [6.07, 6.45) is 1.59. The first kappa shape index (κ1) is 19.4. The van der Waals surface area contributed by atoms with Crippen molar-refractivity contribution >= 4 is 29.8 Å². The third-order valence-electron chi connectivity index (χ3n) is 4.33. The molecule has 3 rings (SSSR count). The van der Waals surface area contributed by atoms with Crippen LogP contribution in [0.5, 0.6) is 0 Å². The maximum atomic E-state index is 10.7. The Kier molecular flexibility index (Phi) is 5.95. The van der Waals surface area contributed by atoms with Crippen molar-refractivity contribution in [1.29, 1.82) is 0 Å². The molecular formula is C19H20N6O2S. The minimum atomic E-state index is -0.437. The molecule has 0 saturated carbocycles.